The summed E-state index contributed by atoms with van der Waals surface area (Å²) in [6.07, 6.45) is 3.77. The highest BCUT2D eigenvalue weighted by atomic mass is 16.5. The van der Waals surface area contributed by atoms with Crippen LogP contribution in [0.3, 0.4) is 0 Å². The number of rotatable bonds is 1. The summed E-state index contributed by atoms with van der Waals surface area (Å²) in [5, 5.41) is 3.65. The van der Waals surface area contributed by atoms with Crippen LogP contribution in [0.15, 0.2) is 0 Å². The minimum Gasteiger partial charge on any atom is -0.366 e. The fourth-order valence-electron chi connectivity index (χ4n) is 3.71. The molecule has 1 aliphatic carbocycles. The molecule has 2 fully saturated rings. The van der Waals surface area contributed by atoms with E-state index in [2.05, 4.69) is 46.9 Å². The summed E-state index contributed by atoms with van der Waals surface area (Å²) in [6.45, 7) is 16.0. The molecular weight excluding hydrogens is 222 g/mol. The topological polar surface area (TPSA) is 21.3 Å². The molecule has 0 aromatic rings. The van der Waals surface area contributed by atoms with E-state index in [4.69, 9.17) is 4.74 Å². The Labute approximate surface area is 113 Å². The van der Waals surface area contributed by atoms with Crippen LogP contribution in [-0.2, 0) is 4.74 Å². The molecule has 106 valence electrons. The van der Waals surface area contributed by atoms with Gasteiger partial charge in [0.1, 0.15) is 0 Å². The molecule has 1 N–H and O–H groups in total. The van der Waals surface area contributed by atoms with Crippen molar-refractivity contribution in [2.24, 2.45) is 17.3 Å². The predicted octanol–water partition coefficient (Wildman–Crippen LogP) is 3.61. The third-order valence-corrected chi connectivity index (χ3v) is 5.54. The SMILES string of the molecule is CC(C)C1(C)CNCC2(CCC(C)(C)CC2C)O1. The molecule has 0 amide bonds. The van der Waals surface area contributed by atoms with Crippen LogP contribution in [0, 0.1) is 17.3 Å². The molecule has 1 spiro atoms. The van der Waals surface area contributed by atoms with Gasteiger partial charge < -0.3 is 10.1 Å². The van der Waals surface area contributed by atoms with Crippen molar-refractivity contribution in [3.8, 4) is 0 Å². The second-order valence-corrected chi connectivity index (χ2v) is 8.01. The Balaban J connectivity index is 2.17. The lowest BCUT2D eigenvalue weighted by molar-refractivity contribution is -0.227. The molecule has 0 aromatic carbocycles. The van der Waals surface area contributed by atoms with Gasteiger partial charge in [-0.2, -0.15) is 0 Å². The standard InChI is InChI=1S/C16H31NO/c1-12(2)15(6)10-17-11-16(18-15)8-7-14(4,5)9-13(16)3/h12-13,17H,7-11H2,1-6H3. The summed E-state index contributed by atoms with van der Waals surface area (Å²) >= 11 is 0. The lowest BCUT2D eigenvalue weighted by Gasteiger charge is -2.56. The first-order valence-electron chi connectivity index (χ1n) is 7.60. The van der Waals surface area contributed by atoms with Crippen molar-refractivity contribution in [3.63, 3.8) is 0 Å². The largest absolute Gasteiger partial charge is 0.366 e. The second-order valence-electron chi connectivity index (χ2n) is 8.01. The molecule has 1 saturated heterocycles. The molecule has 0 radical (unpaired) electrons. The van der Waals surface area contributed by atoms with Crippen LogP contribution in [0.1, 0.15) is 60.8 Å². The van der Waals surface area contributed by atoms with Gasteiger partial charge in [0, 0.05) is 13.1 Å². The number of nitrogens with one attached hydrogen (secondary N) is 1. The quantitative estimate of drug-likeness (QED) is 0.771. The summed E-state index contributed by atoms with van der Waals surface area (Å²) in [7, 11) is 0. The van der Waals surface area contributed by atoms with Gasteiger partial charge in [0.15, 0.2) is 0 Å². The Morgan fingerprint density at radius 3 is 2.33 bits per heavy atom. The van der Waals surface area contributed by atoms with Crippen molar-refractivity contribution >= 4 is 0 Å². The molecule has 1 saturated carbocycles. The normalized spacial score (nSPS) is 44.5. The van der Waals surface area contributed by atoms with Crippen molar-refractivity contribution in [1.82, 2.24) is 5.32 Å². The molecule has 1 aliphatic heterocycles. The van der Waals surface area contributed by atoms with E-state index in [-0.39, 0.29) is 11.2 Å². The van der Waals surface area contributed by atoms with E-state index in [1.807, 2.05) is 0 Å². The third-order valence-electron chi connectivity index (χ3n) is 5.54. The van der Waals surface area contributed by atoms with E-state index in [1.165, 1.54) is 19.3 Å². The molecule has 1 heterocycles. The second kappa shape index (κ2) is 4.49. The lowest BCUT2D eigenvalue weighted by atomic mass is 9.64. The van der Waals surface area contributed by atoms with Crippen LogP contribution in [0.5, 0.6) is 0 Å². The van der Waals surface area contributed by atoms with Crippen LogP contribution in [0.25, 0.3) is 0 Å². The summed E-state index contributed by atoms with van der Waals surface area (Å²) in [4.78, 5) is 0. The van der Waals surface area contributed by atoms with Crippen LogP contribution in [-0.4, -0.2) is 24.3 Å². The van der Waals surface area contributed by atoms with E-state index in [0.29, 0.717) is 17.3 Å². The van der Waals surface area contributed by atoms with Crippen molar-refractivity contribution in [2.75, 3.05) is 13.1 Å². The molecule has 0 aromatic heterocycles. The first-order chi connectivity index (χ1) is 8.19. The fraction of sp³-hybridized carbons (Fsp3) is 1.00. The fourth-order valence-corrected chi connectivity index (χ4v) is 3.71. The van der Waals surface area contributed by atoms with Gasteiger partial charge in [-0.25, -0.2) is 0 Å². The van der Waals surface area contributed by atoms with E-state index < -0.39 is 0 Å². The van der Waals surface area contributed by atoms with Crippen LogP contribution in [0.2, 0.25) is 0 Å². The molecule has 2 rings (SSSR count). The Morgan fingerprint density at radius 2 is 1.78 bits per heavy atom. The zero-order valence-electron chi connectivity index (χ0n) is 13.1. The van der Waals surface area contributed by atoms with Gasteiger partial charge in [-0.3, -0.25) is 0 Å². The van der Waals surface area contributed by atoms with Gasteiger partial charge in [0.25, 0.3) is 0 Å². The maximum atomic E-state index is 6.71. The number of hydrogen-bond donors (Lipinski definition) is 1. The van der Waals surface area contributed by atoms with Gasteiger partial charge in [-0.05, 0) is 43.4 Å². The lowest BCUT2D eigenvalue weighted by Crippen LogP contribution is -2.65. The minimum atomic E-state index is -0.00596. The molecule has 0 bridgehead atoms. The highest BCUT2D eigenvalue weighted by Gasteiger charge is 2.51. The van der Waals surface area contributed by atoms with E-state index in [0.717, 1.165) is 13.1 Å². The maximum Gasteiger partial charge on any atom is 0.0840 e. The third kappa shape index (κ3) is 2.46. The Bertz CT molecular complexity index is 312. The number of hydrogen-bond acceptors (Lipinski definition) is 2. The van der Waals surface area contributed by atoms with Gasteiger partial charge in [-0.1, -0.05) is 34.6 Å². The molecule has 2 nitrogen and oxygen atoms in total. The van der Waals surface area contributed by atoms with Gasteiger partial charge >= 0.3 is 0 Å². The van der Waals surface area contributed by atoms with Gasteiger partial charge in [0.2, 0.25) is 0 Å². The van der Waals surface area contributed by atoms with Crippen LogP contribution in [0.4, 0.5) is 0 Å². The van der Waals surface area contributed by atoms with E-state index >= 15 is 0 Å². The molecule has 18 heavy (non-hydrogen) atoms. The minimum absolute atomic E-state index is 0.00596. The summed E-state index contributed by atoms with van der Waals surface area (Å²) in [5.41, 5.74) is 0.556. The van der Waals surface area contributed by atoms with Crippen molar-refractivity contribution < 1.29 is 4.74 Å². The Kier molecular flexibility index (Phi) is 3.57. The van der Waals surface area contributed by atoms with Crippen LogP contribution < -0.4 is 5.32 Å². The van der Waals surface area contributed by atoms with Crippen LogP contribution >= 0.6 is 0 Å². The van der Waals surface area contributed by atoms with Crippen molar-refractivity contribution in [2.45, 2.75) is 72.0 Å². The average Bonchev–Trinajstić information content (AvgIpc) is 2.24. The summed E-state index contributed by atoms with van der Waals surface area (Å²) < 4.78 is 6.71. The Morgan fingerprint density at radius 1 is 1.11 bits per heavy atom. The summed E-state index contributed by atoms with van der Waals surface area (Å²) in [5.74, 6) is 1.21. The first kappa shape index (κ1) is 14.3. The zero-order valence-corrected chi connectivity index (χ0v) is 13.1. The maximum absolute atomic E-state index is 6.71. The van der Waals surface area contributed by atoms with E-state index in [9.17, 15) is 0 Å². The summed E-state index contributed by atoms with van der Waals surface area (Å²) in [6, 6.07) is 0. The highest BCUT2D eigenvalue weighted by molar-refractivity contribution is 5.02. The zero-order chi connectivity index (χ0) is 13.6. The molecule has 3 atom stereocenters. The molecule has 2 heteroatoms. The van der Waals surface area contributed by atoms with Gasteiger partial charge in [0.05, 0.1) is 11.2 Å². The smallest absolute Gasteiger partial charge is 0.0840 e. The number of morpholine rings is 1. The highest BCUT2D eigenvalue weighted by Crippen LogP contribution is 2.48. The Hall–Kier alpha value is -0.0800. The first-order valence-corrected chi connectivity index (χ1v) is 7.60. The van der Waals surface area contributed by atoms with Crippen molar-refractivity contribution in [3.05, 3.63) is 0 Å². The van der Waals surface area contributed by atoms with Crippen molar-refractivity contribution in [1.29, 1.82) is 0 Å². The average molecular weight is 253 g/mol. The van der Waals surface area contributed by atoms with Gasteiger partial charge in [-0.15, -0.1) is 0 Å². The predicted molar refractivity (Wildman–Crippen MR) is 76.7 cm³/mol. The molecule has 2 aliphatic rings. The molecular formula is C16H31NO. The van der Waals surface area contributed by atoms with E-state index in [1.54, 1.807) is 0 Å². The number of ether oxygens (including phenoxy) is 1. The monoisotopic (exact) mass is 253 g/mol. The molecule has 3 unspecified atom stereocenters.